The fourth-order valence-electron chi connectivity index (χ4n) is 2.98. The molecule has 0 unspecified atom stereocenters. The maximum absolute atomic E-state index is 12.0. The molecule has 7 nitrogen and oxygen atoms in total. The summed E-state index contributed by atoms with van der Waals surface area (Å²) in [6, 6.07) is 6.89. The molecule has 2 aliphatic heterocycles. The standard InChI is InChI=1S/C16H17ClN2O5S2/c17-11-3-1-10(2-4-11)7-19-12-8-26(23,24)9-13(12)25-16(19)18-14(20)5-6-15(21)22/h1-4,12-13H,5-9H2,(H,21,22)/p-1/t12-,13-/m0/s1. The Morgan fingerprint density at radius 1 is 1.23 bits per heavy atom. The topological polar surface area (TPSA) is 107 Å². The molecule has 1 aromatic rings. The molecule has 2 heterocycles. The van der Waals surface area contributed by atoms with Crippen molar-refractivity contribution in [2.75, 3.05) is 11.5 Å². The van der Waals surface area contributed by atoms with Crippen molar-refractivity contribution >= 4 is 50.2 Å². The number of carboxylic acid groups (broad SMARTS) is 1. The van der Waals surface area contributed by atoms with E-state index in [4.69, 9.17) is 11.6 Å². The molecule has 1 amide bonds. The molecular formula is C16H16ClN2O5S2-. The van der Waals surface area contributed by atoms with Crippen LogP contribution in [-0.4, -0.2) is 53.2 Å². The van der Waals surface area contributed by atoms with Gasteiger partial charge in [-0.3, -0.25) is 4.79 Å². The van der Waals surface area contributed by atoms with E-state index in [-0.39, 0.29) is 29.2 Å². The van der Waals surface area contributed by atoms with Gasteiger partial charge in [0, 0.05) is 29.2 Å². The number of hydrogen-bond acceptors (Lipinski definition) is 6. The van der Waals surface area contributed by atoms with Gasteiger partial charge in [0.2, 0.25) is 5.91 Å². The SMILES string of the molecule is O=C([O-])CCC(=O)N=C1S[C@H]2CS(=O)(=O)C[C@@H]2N1Cc1ccc(Cl)cc1. The number of amidine groups is 1. The first-order valence-electron chi connectivity index (χ1n) is 7.93. The van der Waals surface area contributed by atoms with Gasteiger partial charge >= 0.3 is 0 Å². The van der Waals surface area contributed by atoms with Crippen LogP contribution in [-0.2, 0) is 26.0 Å². The molecule has 1 aromatic carbocycles. The molecule has 0 bridgehead atoms. The number of benzene rings is 1. The van der Waals surface area contributed by atoms with Crippen LogP contribution in [0.25, 0.3) is 0 Å². The Balaban J connectivity index is 1.82. The Kier molecular flexibility index (Phi) is 5.59. The van der Waals surface area contributed by atoms with Crippen molar-refractivity contribution in [3.8, 4) is 0 Å². The van der Waals surface area contributed by atoms with E-state index in [1.165, 1.54) is 11.8 Å². The fourth-order valence-corrected chi connectivity index (χ4v) is 7.07. The molecule has 0 spiro atoms. The quantitative estimate of drug-likeness (QED) is 0.687. The summed E-state index contributed by atoms with van der Waals surface area (Å²) in [6.45, 7) is 0.396. The van der Waals surface area contributed by atoms with Crippen molar-refractivity contribution in [2.45, 2.75) is 30.7 Å². The first kappa shape index (κ1) is 19.2. The monoisotopic (exact) mass is 415 g/mol. The van der Waals surface area contributed by atoms with Crippen molar-refractivity contribution < 1.29 is 23.1 Å². The van der Waals surface area contributed by atoms with E-state index < -0.39 is 28.1 Å². The maximum Gasteiger partial charge on any atom is 0.248 e. The maximum atomic E-state index is 12.0. The number of thioether (sulfide) groups is 1. The Morgan fingerprint density at radius 2 is 1.92 bits per heavy atom. The Labute approximate surface area is 160 Å². The highest BCUT2D eigenvalue weighted by Gasteiger charge is 2.48. The van der Waals surface area contributed by atoms with Gasteiger partial charge in [0.1, 0.15) is 0 Å². The van der Waals surface area contributed by atoms with Crippen LogP contribution in [0.1, 0.15) is 18.4 Å². The molecule has 26 heavy (non-hydrogen) atoms. The minimum atomic E-state index is -3.12. The van der Waals surface area contributed by atoms with Crippen molar-refractivity contribution in [3.05, 3.63) is 34.9 Å². The number of nitrogens with zero attached hydrogens (tertiary/aromatic N) is 2. The molecule has 0 N–H and O–H groups in total. The van der Waals surface area contributed by atoms with Crippen molar-refractivity contribution in [1.29, 1.82) is 0 Å². The third-order valence-corrected chi connectivity index (χ3v) is 7.70. The first-order valence-corrected chi connectivity index (χ1v) is 11.0. The number of aliphatic carboxylic acids is 1. The summed E-state index contributed by atoms with van der Waals surface area (Å²) in [5.41, 5.74) is 0.912. The van der Waals surface area contributed by atoms with Gasteiger partial charge in [0.15, 0.2) is 15.0 Å². The largest absolute Gasteiger partial charge is 0.550 e. The van der Waals surface area contributed by atoms with Crippen LogP contribution >= 0.6 is 23.4 Å². The Morgan fingerprint density at radius 3 is 2.58 bits per heavy atom. The second kappa shape index (κ2) is 7.58. The number of carboxylic acids is 1. The number of carbonyl (C=O) groups excluding carboxylic acids is 2. The number of fused-ring (bicyclic) bond motifs is 1. The Hall–Kier alpha value is -1.58. The zero-order chi connectivity index (χ0) is 18.9. The van der Waals surface area contributed by atoms with Crippen LogP contribution in [0, 0.1) is 0 Å². The highest BCUT2D eigenvalue weighted by Crippen LogP contribution is 2.39. The number of aliphatic imine (C=N–C) groups is 1. The van der Waals surface area contributed by atoms with Gasteiger partial charge < -0.3 is 14.8 Å². The van der Waals surface area contributed by atoms with E-state index in [9.17, 15) is 23.1 Å². The number of carbonyl (C=O) groups is 2. The molecule has 2 saturated heterocycles. The minimum Gasteiger partial charge on any atom is -0.550 e. The number of halogens is 1. The van der Waals surface area contributed by atoms with Crippen molar-refractivity contribution in [1.82, 2.24) is 4.90 Å². The van der Waals surface area contributed by atoms with Crippen LogP contribution in [0.15, 0.2) is 29.3 Å². The normalized spacial score (nSPS) is 25.4. The summed E-state index contributed by atoms with van der Waals surface area (Å²) in [6.07, 6.45) is -0.631. The molecule has 2 fully saturated rings. The highest BCUT2D eigenvalue weighted by molar-refractivity contribution is 8.15. The van der Waals surface area contributed by atoms with E-state index in [2.05, 4.69) is 4.99 Å². The molecule has 2 atom stereocenters. The van der Waals surface area contributed by atoms with Gasteiger partial charge in [-0.15, -0.1) is 0 Å². The zero-order valence-corrected chi connectivity index (χ0v) is 16.0. The molecule has 140 valence electrons. The van der Waals surface area contributed by atoms with Crippen molar-refractivity contribution in [2.24, 2.45) is 4.99 Å². The zero-order valence-electron chi connectivity index (χ0n) is 13.6. The summed E-state index contributed by atoms with van der Waals surface area (Å²) < 4.78 is 23.9. The van der Waals surface area contributed by atoms with E-state index >= 15 is 0 Å². The lowest BCUT2D eigenvalue weighted by atomic mass is 10.1. The number of hydrogen-bond donors (Lipinski definition) is 0. The van der Waals surface area contributed by atoms with E-state index in [1.807, 2.05) is 17.0 Å². The summed E-state index contributed by atoms with van der Waals surface area (Å²) >= 11 is 7.16. The molecule has 3 rings (SSSR count). The summed E-state index contributed by atoms with van der Waals surface area (Å²) in [4.78, 5) is 28.3. The van der Waals surface area contributed by atoms with Gasteiger partial charge in [-0.1, -0.05) is 35.5 Å². The summed E-state index contributed by atoms with van der Waals surface area (Å²) in [5, 5.41) is 11.4. The van der Waals surface area contributed by atoms with Crippen LogP contribution in [0.5, 0.6) is 0 Å². The van der Waals surface area contributed by atoms with Crippen LogP contribution in [0.2, 0.25) is 5.02 Å². The number of amides is 1. The van der Waals surface area contributed by atoms with Gasteiger partial charge in [-0.25, -0.2) is 8.42 Å². The lowest BCUT2D eigenvalue weighted by molar-refractivity contribution is -0.305. The second-order valence-corrected chi connectivity index (χ2v) is 10.0. The van der Waals surface area contributed by atoms with Crippen LogP contribution in [0.4, 0.5) is 0 Å². The van der Waals surface area contributed by atoms with Crippen LogP contribution < -0.4 is 5.11 Å². The lowest BCUT2D eigenvalue weighted by Crippen LogP contribution is -2.37. The average molecular weight is 416 g/mol. The predicted octanol–water partition coefficient (Wildman–Crippen LogP) is 0.467. The minimum absolute atomic E-state index is 0.0184. The number of sulfone groups is 1. The predicted molar refractivity (Wildman–Crippen MR) is 97.5 cm³/mol. The Bertz CT molecular complexity index is 854. The van der Waals surface area contributed by atoms with Gasteiger partial charge in [0.25, 0.3) is 0 Å². The van der Waals surface area contributed by atoms with Gasteiger partial charge in [0.05, 0.1) is 17.5 Å². The van der Waals surface area contributed by atoms with Gasteiger partial charge in [-0.05, 0) is 24.1 Å². The average Bonchev–Trinajstić information content (AvgIpc) is 3.00. The molecule has 0 radical (unpaired) electrons. The summed E-state index contributed by atoms with van der Waals surface area (Å²) in [7, 11) is -3.12. The molecule has 0 aliphatic carbocycles. The molecule has 0 saturated carbocycles. The molecule has 0 aromatic heterocycles. The third-order valence-electron chi connectivity index (χ3n) is 4.20. The van der Waals surface area contributed by atoms with E-state index in [0.29, 0.717) is 16.7 Å². The van der Waals surface area contributed by atoms with E-state index in [0.717, 1.165) is 5.56 Å². The lowest BCUT2D eigenvalue weighted by Gasteiger charge is -2.24. The highest BCUT2D eigenvalue weighted by atomic mass is 35.5. The van der Waals surface area contributed by atoms with Crippen molar-refractivity contribution in [3.63, 3.8) is 0 Å². The molecule has 10 heteroatoms. The van der Waals surface area contributed by atoms with Gasteiger partial charge in [-0.2, -0.15) is 4.99 Å². The van der Waals surface area contributed by atoms with Crippen LogP contribution in [0.3, 0.4) is 0 Å². The molecule has 2 aliphatic rings. The smallest absolute Gasteiger partial charge is 0.248 e. The third kappa shape index (κ3) is 4.57. The molecular weight excluding hydrogens is 400 g/mol. The number of rotatable bonds is 5. The fraction of sp³-hybridized carbons (Fsp3) is 0.438. The summed E-state index contributed by atoms with van der Waals surface area (Å²) in [5.74, 6) is -1.80. The second-order valence-electron chi connectivity index (χ2n) is 6.22. The first-order chi connectivity index (χ1) is 12.2. The van der Waals surface area contributed by atoms with E-state index in [1.54, 1.807) is 12.1 Å².